The van der Waals surface area contributed by atoms with E-state index in [4.69, 9.17) is 4.52 Å². The number of nitrogens with zero attached hydrogens (tertiary/aromatic N) is 4. The van der Waals surface area contributed by atoms with Gasteiger partial charge in [0.2, 0.25) is 5.89 Å². The molecule has 24 heavy (non-hydrogen) atoms. The highest BCUT2D eigenvalue weighted by molar-refractivity contribution is 5.22. The molecule has 2 aromatic rings. The summed E-state index contributed by atoms with van der Waals surface area (Å²) < 4.78 is 5.46. The Hall–Kier alpha value is -1.72. The first-order valence-electron chi connectivity index (χ1n) is 8.88. The van der Waals surface area contributed by atoms with Gasteiger partial charge in [0.25, 0.3) is 0 Å². The molecule has 0 N–H and O–H groups in total. The number of hydrogen-bond acceptors (Lipinski definition) is 5. The van der Waals surface area contributed by atoms with Crippen molar-refractivity contribution in [3.05, 3.63) is 47.1 Å². The summed E-state index contributed by atoms with van der Waals surface area (Å²) in [5, 5.41) is 4.09. The Labute approximate surface area is 144 Å². The van der Waals surface area contributed by atoms with Crippen molar-refractivity contribution in [1.29, 1.82) is 0 Å². The number of aryl methyl sites for hydroxylation is 1. The van der Waals surface area contributed by atoms with E-state index in [2.05, 4.69) is 71.9 Å². The Morgan fingerprint density at radius 3 is 2.50 bits per heavy atom. The van der Waals surface area contributed by atoms with E-state index in [0.29, 0.717) is 5.92 Å². The maximum absolute atomic E-state index is 5.46. The molecule has 3 rings (SSSR count). The van der Waals surface area contributed by atoms with Crippen LogP contribution in [0, 0.1) is 6.92 Å². The Kier molecular flexibility index (Phi) is 5.31. The van der Waals surface area contributed by atoms with E-state index < -0.39 is 0 Å². The van der Waals surface area contributed by atoms with Crippen LogP contribution >= 0.6 is 0 Å². The molecular weight excluding hydrogens is 300 g/mol. The van der Waals surface area contributed by atoms with Gasteiger partial charge in [-0.2, -0.15) is 4.98 Å². The summed E-state index contributed by atoms with van der Waals surface area (Å²) in [6.07, 6.45) is 0. The van der Waals surface area contributed by atoms with E-state index in [-0.39, 0.29) is 6.04 Å². The molecule has 1 aliphatic heterocycles. The maximum Gasteiger partial charge on any atom is 0.243 e. The summed E-state index contributed by atoms with van der Waals surface area (Å²) in [5.74, 6) is 1.85. The molecule has 0 saturated carbocycles. The van der Waals surface area contributed by atoms with Crippen molar-refractivity contribution in [2.45, 2.75) is 46.2 Å². The molecule has 5 nitrogen and oxygen atoms in total. The Morgan fingerprint density at radius 2 is 1.88 bits per heavy atom. The molecule has 130 valence electrons. The van der Waals surface area contributed by atoms with Crippen LogP contribution in [0.2, 0.25) is 0 Å². The van der Waals surface area contributed by atoms with Gasteiger partial charge in [0.1, 0.15) is 0 Å². The third-order valence-electron chi connectivity index (χ3n) is 4.77. The zero-order chi connectivity index (χ0) is 17.1. The van der Waals surface area contributed by atoms with Gasteiger partial charge in [0, 0.05) is 38.6 Å². The third-order valence-corrected chi connectivity index (χ3v) is 4.77. The lowest BCUT2D eigenvalue weighted by Crippen LogP contribution is -2.46. The molecule has 1 saturated heterocycles. The van der Waals surface area contributed by atoms with E-state index in [1.807, 2.05) is 0 Å². The SMILES string of the molecule is Cc1cccc(CN2CCN(C(C)c3nc(C(C)C)no3)CC2)c1. The summed E-state index contributed by atoms with van der Waals surface area (Å²) in [5.41, 5.74) is 2.73. The van der Waals surface area contributed by atoms with Gasteiger partial charge in [-0.05, 0) is 19.4 Å². The molecule has 2 heterocycles. The summed E-state index contributed by atoms with van der Waals surface area (Å²) in [6, 6.07) is 8.98. The van der Waals surface area contributed by atoms with Gasteiger partial charge in [-0.1, -0.05) is 48.8 Å². The second kappa shape index (κ2) is 7.45. The van der Waals surface area contributed by atoms with Crippen molar-refractivity contribution in [1.82, 2.24) is 19.9 Å². The van der Waals surface area contributed by atoms with Gasteiger partial charge in [-0.15, -0.1) is 0 Å². The predicted octanol–water partition coefficient (Wildman–Crippen LogP) is 3.38. The first kappa shape index (κ1) is 17.1. The van der Waals surface area contributed by atoms with Crippen LogP contribution in [-0.4, -0.2) is 46.1 Å². The van der Waals surface area contributed by atoms with Gasteiger partial charge >= 0.3 is 0 Å². The number of hydrogen-bond donors (Lipinski definition) is 0. The molecule has 1 atom stereocenters. The molecule has 1 aliphatic rings. The lowest BCUT2D eigenvalue weighted by Gasteiger charge is -2.36. The second-order valence-electron chi connectivity index (χ2n) is 7.12. The second-order valence-corrected chi connectivity index (χ2v) is 7.12. The first-order valence-corrected chi connectivity index (χ1v) is 8.88. The fraction of sp³-hybridized carbons (Fsp3) is 0.579. The van der Waals surface area contributed by atoms with Crippen LogP contribution in [0.4, 0.5) is 0 Å². The lowest BCUT2D eigenvalue weighted by atomic mass is 10.1. The van der Waals surface area contributed by atoms with Gasteiger partial charge in [-0.3, -0.25) is 9.80 Å². The molecular formula is C19H28N4O. The van der Waals surface area contributed by atoms with Crippen LogP contribution < -0.4 is 0 Å². The monoisotopic (exact) mass is 328 g/mol. The van der Waals surface area contributed by atoms with Crippen LogP contribution in [0.3, 0.4) is 0 Å². The third kappa shape index (κ3) is 4.02. The van der Waals surface area contributed by atoms with Gasteiger partial charge in [0.05, 0.1) is 6.04 Å². The fourth-order valence-electron chi connectivity index (χ4n) is 3.19. The Morgan fingerprint density at radius 1 is 1.12 bits per heavy atom. The van der Waals surface area contributed by atoms with Crippen LogP contribution in [-0.2, 0) is 6.54 Å². The molecule has 0 amide bonds. The van der Waals surface area contributed by atoms with Crippen molar-refractivity contribution in [2.24, 2.45) is 0 Å². The quantitative estimate of drug-likeness (QED) is 0.842. The largest absolute Gasteiger partial charge is 0.338 e. The molecule has 1 fully saturated rings. The van der Waals surface area contributed by atoms with E-state index in [0.717, 1.165) is 44.4 Å². The summed E-state index contributed by atoms with van der Waals surface area (Å²) in [7, 11) is 0. The number of piperazine rings is 1. The molecule has 1 aromatic heterocycles. The number of rotatable bonds is 5. The minimum Gasteiger partial charge on any atom is -0.338 e. The van der Waals surface area contributed by atoms with E-state index in [1.165, 1.54) is 11.1 Å². The highest BCUT2D eigenvalue weighted by Gasteiger charge is 2.26. The van der Waals surface area contributed by atoms with Crippen LogP contribution in [0.25, 0.3) is 0 Å². The molecule has 1 unspecified atom stereocenters. The van der Waals surface area contributed by atoms with Crippen molar-refractivity contribution < 1.29 is 4.52 Å². The lowest BCUT2D eigenvalue weighted by molar-refractivity contribution is 0.0845. The molecule has 0 bridgehead atoms. The van der Waals surface area contributed by atoms with Crippen LogP contribution in [0.5, 0.6) is 0 Å². The molecule has 0 radical (unpaired) electrons. The highest BCUT2D eigenvalue weighted by atomic mass is 16.5. The van der Waals surface area contributed by atoms with Crippen molar-refractivity contribution >= 4 is 0 Å². The Balaban J connectivity index is 1.54. The summed E-state index contributed by atoms with van der Waals surface area (Å²) in [6.45, 7) is 13.7. The maximum atomic E-state index is 5.46. The predicted molar refractivity (Wildman–Crippen MR) is 94.8 cm³/mol. The van der Waals surface area contributed by atoms with E-state index in [9.17, 15) is 0 Å². The zero-order valence-electron chi connectivity index (χ0n) is 15.2. The standard InChI is InChI=1S/C19H28N4O/c1-14(2)18-20-19(24-21-18)16(4)23-10-8-22(9-11-23)13-17-7-5-6-15(3)12-17/h5-7,12,14,16H,8-11,13H2,1-4H3. The van der Waals surface area contributed by atoms with E-state index >= 15 is 0 Å². The molecule has 5 heteroatoms. The Bertz CT molecular complexity index is 659. The zero-order valence-corrected chi connectivity index (χ0v) is 15.2. The molecule has 0 spiro atoms. The molecule has 0 aliphatic carbocycles. The fourth-order valence-corrected chi connectivity index (χ4v) is 3.19. The van der Waals surface area contributed by atoms with E-state index in [1.54, 1.807) is 0 Å². The average Bonchev–Trinajstić information content (AvgIpc) is 3.05. The molecule has 1 aromatic carbocycles. The summed E-state index contributed by atoms with van der Waals surface area (Å²) in [4.78, 5) is 9.50. The van der Waals surface area contributed by atoms with Crippen molar-refractivity contribution in [3.8, 4) is 0 Å². The van der Waals surface area contributed by atoms with Crippen LogP contribution in [0.15, 0.2) is 28.8 Å². The minimum atomic E-state index is 0.186. The van der Waals surface area contributed by atoms with Crippen molar-refractivity contribution in [2.75, 3.05) is 26.2 Å². The minimum absolute atomic E-state index is 0.186. The smallest absolute Gasteiger partial charge is 0.243 e. The highest BCUT2D eigenvalue weighted by Crippen LogP contribution is 2.22. The number of aromatic nitrogens is 2. The topological polar surface area (TPSA) is 45.4 Å². The van der Waals surface area contributed by atoms with Gasteiger partial charge < -0.3 is 4.52 Å². The van der Waals surface area contributed by atoms with Gasteiger partial charge in [-0.25, -0.2) is 0 Å². The van der Waals surface area contributed by atoms with Crippen LogP contribution in [0.1, 0.15) is 55.6 Å². The number of benzene rings is 1. The summed E-state index contributed by atoms with van der Waals surface area (Å²) >= 11 is 0. The first-order chi connectivity index (χ1) is 11.5. The normalized spacial score (nSPS) is 18.2. The van der Waals surface area contributed by atoms with Gasteiger partial charge in [0.15, 0.2) is 5.82 Å². The van der Waals surface area contributed by atoms with Crippen molar-refractivity contribution in [3.63, 3.8) is 0 Å². The average molecular weight is 328 g/mol.